The van der Waals surface area contributed by atoms with Gasteiger partial charge in [0.15, 0.2) is 5.69 Å². The van der Waals surface area contributed by atoms with Crippen molar-refractivity contribution in [2.45, 2.75) is 25.3 Å². The van der Waals surface area contributed by atoms with Gasteiger partial charge in [-0.3, -0.25) is 9.48 Å². The number of hydrogen-bond acceptors (Lipinski definition) is 4. The van der Waals surface area contributed by atoms with E-state index in [4.69, 9.17) is 5.11 Å². The molecule has 0 radical (unpaired) electrons. The van der Waals surface area contributed by atoms with E-state index in [-0.39, 0.29) is 11.6 Å². The SMILES string of the molecule is Cn1ncc(C(=O)NCc2cccc(-n3ccc(C(=O)O)n3)c2)c1C1CC1. The third-order valence-electron chi connectivity index (χ3n) is 4.63. The van der Waals surface area contributed by atoms with Crippen molar-refractivity contribution in [1.29, 1.82) is 0 Å². The van der Waals surface area contributed by atoms with Gasteiger partial charge in [0.25, 0.3) is 5.91 Å². The van der Waals surface area contributed by atoms with Crippen molar-refractivity contribution in [3.63, 3.8) is 0 Å². The molecule has 27 heavy (non-hydrogen) atoms. The van der Waals surface area contributed by atoms with Crippen LogP contribution in [0.3, 0.4) is 0 Å². The fourth-order valence-electron chi connectivity index (χ4n) is 3.13. The minimum absolute atomic E-state index is 0.0158. The van der Waals surface area contributed by atoms with Gasteiger partial charge in [0.1, 0.15) is 0 Å². The second kappa shape index (κ2) is 6.71. The molecule has 8 heteroatoms. The van der Waals surface area contributed by atoms with Crippen molar-refractivity contribution >= 4 is 11.9 Å². The van der Waals surface area contributed by atoms with Crippen LogP contribution in [0.25, 0.3) is 5.69 Å². The number of carboxylic acids is 1. The highest BCUT2D eigenvalue weighted by atomic mass is 16.4. The Morgan fingerprint density at radius 2 is 2.11 bits per heavy atom. The fraction of sp³-hybridized carbons (Fsp3) is 0.263. The van der Waals surface area contributed by atoms with Gasteiger partial charge in [-0.1, -0.05) is 12.1 Å². The Morgan fingerprint density at radius 1 is 1.30 bits per heavy atom. The second-order valence-corrected chi connectivity index (χ2v) is 6.64. The van der Waals surface area contributed by atoms with Gasteiger partial charge in [0.05, 0.1) is 23.1 Å². The maximum Gasteiger partial charge on any atom is 0.356 e. The van der Waals surface area contributed by atoms with Crippen LogP contribution in [0.15, 0.2) is 42.7 Å². The molecule has 1 amide bonds. The minimum atomic E-state index is -1.07. The number of aromatic carboxylic acids is 1. The van der Waals surface area contributed by atoms with Gasteiger partial charge in [0.2, 0.25) is 0 Å². The zero-order valence-corrected chi connectivity index (χ0v) is 14.8. The summed E-state index contributed by atoms with van der Waals surface area (Å²) in [7, 11) is 1.86. The molecule has 0 spiro atoms. The number of carbonyl (C=O) groups excluding carboxylic acids is 1. The first-order chi connectivity index (χ1) is 13.0. The maximum absolute atomic E-state index is 12.6. The smallest absolute Gasteiger partial charge is 0.356 e. The number of rotatable bonds is 6. The van der Waals surface area contributed by atoms with Gasteiger partial charge in [-0.25, -0.2) is 9.48 Å². The zero-order valence-electron chi connectivity index (χ0n) is 14.8. The number of nitrogens with zero attached hydrogens (tertiary/aromatic N) is 4. The van der Waals surface area contributed by atoms with Crippen LogP contribution in [0.5, 0.6) is 0 Å². The lowest BCUT2D eigenvalue weighted by Gasteiger charge is -2.08. The number of aryl methyl sites for hydroxylation is 1. The van der Waals surface area contributed by atoms with Gasteiger partial charge in [0, 0.05) is 25.7 Å². The highest BCUT2D eigenvalue weighted by Crippen LogP contribution is 2.41. The van der Waals surface area contributed by atoms with E-state index in [0.29, 0.717) is 18.0 Å². The molecule has 0 bridgehead atoms. The molecule has 3 aromatic rings. The number of carboxylic acid groups (broad SMARTS) is 1. The Labute approximate surface area is 155 Å². The summed E-state index contributed by atoms with van der Waals surface area (Å²) < 4.78 is 3.28. The predicted molar refractivity (Wildman–Crippen MR) is 96.9 cm³/mol. The summed E-state index contributed by atoms with van der Waals surface area (Å²) in [4.78, 5) is 23.5. The molecular weight excluding hydrogens is 346 g/mol. The molecule has 0 aliphatic heterocycles. The van der Waals surface area contributed by atoms with E-state index in [0.717, 1.165) is 29.8 Å². The third-order valence-corrected chi connectivity index (χ3v) is 4.63. The second-order valence-electron chi connectivity index (χ2n) is 6.64. The molecular formula is C19H19N5O3. The Morgan fingerprint density at radius 3 is 2.81 bits per heavy atom. The van der Waals surface area contributed by atoms with E-state index >= 15 is 0 Å². The molecule has 1 aliphatic rings. The topological polar surface area (TPSA) is 102 Å². The van der Waals surface area contributed by atoms with Crippen molar-refractivity contribution in [3.8, 4) is 5.69 Å². The van der Waals surface area contributed by atoms with Gasteiger partial charge in [-0.15, -0.1) is 0 Å². The Balaban J connectivity index is 1.47. The average molecular weight is 365 g/mol. The van der Waals surface area contributed by atoms with Crippen molar-refractivity contribution in [2.24, 2.45) is 7.05 Å². The first-order valence-electron chi connectivity index (χ1n) is 8.71. The van der Waals surface area contributed by atoms with Crippen LogP contribution in [0, 0.1) is 0 Å². The Bertz CT molecular complexity index is 1020. The molecule has 0 unspecified atom stereocenters. The summed E-state index contributed by atoms with van der Waals surface area (Å²) in [5.74, 6) is -0.771. The number of hydrogen-bond donors (Lipinski definition) is 2. The number of nitrogens with one attached hydrogen (secondary N) is 1. The summed E-state index contributed by atoms with van der Waals surface area (Å²) in [5.41, 5.74) is 3.24. The van der Waals surface area contributed by atoms with Crippen LogP contribution in [0.2, 0.25) is 0 Å². The van der Waals surface area contributed by atoms with Crippen molar-refractivity contribution < 1.29 is 14.7 Å². The molecule has 8 nitrogen and oxygen atoms in total. The van der Waals surface area contributed by atoms with Crippen LogP contribution < -0.4 is 5.32 Å². The molecule has 1 aliphatic carbocycles. The van der Waals surface area contributed by atoms with Crippen molar-refractivity contribution in [1.82, 2.24) is 24.9 Å². The van der Waals surface area contributed by atoms with Crippen LogP contribution in [0.1, 0.15) is 50.9 Å². The molecule has 0 atom stereocenters. The van der Waals surface area contributed by atoms with Crippen LogP contribution in [0.4, 0.5) is 0 Å². The van der Waals surface area contributed by atoms with E-state index in [1.54, 1.807) is 17.1 Å². The lowest BCUT2D eigenvalue weighted by molar-refractivity contribution is 0.0689. The summed E-state index contributed by atoms with van der Waals surface area (Å²) in [6, 6.07) is 8.88. The number of aromatic nitrogens is 4. The average Bonchev–Trinajstić information content (AvgIpc) is 3.22. The molecule has 1 aromatic carbocycles. The summed E-state index contributed by atoms with van der Waals surface area (Å²) in [6.07, 6.45) is 5.42. The van der Waals surface area contributed by atoms with Gasteiger partial charge >= 0.3 is 5.97 Å². The molecule has 2 heterocycles. The van der Waals surface area contributed by atoms with Gasteiger partial charge < -0.3 is 10.4 Å². The Kier molecular flexibility index (Phi) is 4.23. The van der Waals surface area contributed by atoms with Gasteiger partial charge in [-0.2, -0.15) is 10.2 Å². The maximum atomic E-state index is 12.6. The summed E-state index contributed by atoms with van der Waals surface area (Å²) in [6.45, 7) is 0.360. The highest BCUT2D eigenvalue weighted by molar-refractivity contribution is 5.95. The van der Waals surface area contributed by atoms with Crippen LogP contribution in [-0.4, -0.2) is 36.5 Å². The predicted octanol–water partition coefficient (Wildman–Crippen LogP) is 2.11. The molecule has 0 saturated heterocycles. The summed E-state index contributed by atoms with van der Waals surface area (Å²) in [5, 5.41) is 20.2. The lowest BCUT2D eigenvalue weighted by Crippen LogP contribution is -2.23. The highest BCUT2D eigenvalue weighted by Gasteiger charge is 2.31. The van der Waals surface area contributed by atoms with E-state index in [1.807, 2.05) is 31.3 Å². The van der Waals surface area contributed by atoms with Crippen molar-refractivity contribution in [2.75, 3.05) is 0 Å². The van der Waals surface area contributed by atoms with Gasteiger partial charge in [-0.05, 0) is 36.6 Å². The summed E-state index contributed by atoms with van der Waals surface area (Å²) >= 11 is 0. The molecule has 138 valence electrons. The van der Waals surface area contributed by atoms with E-state index in [9.17, 15) is 9.59 Å². The van der Waals surface area contributed by atoms with E-state index in [1.165, 1.54) is 10.7 Å². The standard InChI is InChI=1S/C19H19N5O3/c1-23-17(13-5-6-13)15(11-21-23)18(25)20-10-12-3-2-4-14(9-12)24-8-7-16(22-24)19(26)27/h2-4,7-9,11,13H,5-6,10H2,1H3,(H,20,25)(H,26,27). The fourth-order valence-corrected chi connectivity index (χ4v) is 3.13. The first kappa shape index (κ1) is 17.0. The van der Waals surface area contributed by atoms with Crippen LogP contribution >= 0.6 is 0 Å². The minimum Gasteiger partial charge on any atom is -0.476 e. The molecule has 2 N–H and O–H groups in total. The normalized spacial score (nSPS) is 13.5. The number of benzene rings is 1. The largest absolute Gasteiger partial charge is 0.476 e. The molecule has 4 rings (SSSR count). The van der Waals surface area contributed by atoms with E-state index < -0.39 is 5.97 Å². The zero-order chi connectivity index (χ0) is 19.0. The lowest BCUT2D eigenvalue weighted by atomic mass is 10.1. The van der Waals surface area contributed by atoms with Crippen molar-refractivity contribution in [3.05, 3.63) is 65.2 Å². The first-order valence-corrected chi connectivity index (χ1v) is 8.71. The quantitative estimate of drug-likeness (QED) is 0.697. The van der Waals surface area contributed by atoms with E-state index in [2.05, 4.69) is 15.5 Å². The molecule has 1 fully saturated rings. The molecule has 1 saturated carbocycles. The van der Waals surface area contributed by atoms with Crippen LogP contribution in [-0.2, 0) is 13.6 Å². The third kappa shape index (κ3) is 3.46. The number of carbonyl (C=O) groups is 2. The molecule has 2 aromatic heterocycles. The Hall–Kier alpha value is -3.42. The number of amides is 1. The monoisotopic (exact) mass is 365 g/mol.